The van der Waals surface area contributed by atoms with E-state index in [9.17, 15) is 14.4 Å². The Hall–Kier alpha value is -2.89. The maximum Gasteiger partial charge on any atom is 0.306 e. The van der Waals surface area contributed by atoms with Crippen LogP contribution in [0, 0.1) is 0 Å². The number of rotatable bonds is 59. The van der Waals surface area contributed by atoms with Gasteiger partial charge in [0.25, 0.3) is 0 Å². The molecule has 0 bridgehead atoms. The van der Waals surface area contributed by atoms with Gasteiger partial charge in [-0.15, -0.1) is 0 Å². The van der Waals surface area contributed by atoms with Gasteiger partial charge in [0.05, 0.1) is 0 Å². The molecule has 6 nitrogen and oxygen atoms in total. The molecule has 74 heavy (non-hydrogen) atoms. The number of ether oxygens (including phenoxy) is 3. The number of allylic oxidation sites excluding steroid dienone is 10. The minimum absolute atomic E-state index is 0.0965. The molecule has 1 atom stereocenters. The average molecular weight is 1040 g/mol. The summed E-state index contributed by atoms with van der Waals surface area (Å²) in [7, 11) is 0. The lowest BCUT2D eigenvalue weighted by atomic mass is 10.0. The molecule has 0 saturated heterocycles. The largest absolute Gasteiger partial charge is 0.462 e. The Morgan fingerprint density at radius 1 is 0.284 bits per heavy atom. The second kappa shape index (κ2) is 62.6. The van der Waals surface area contributed by atoms with Crippen molar-refractivity contribution in [3.05, 3.63) is 60.8 Å². The van der Waals surface area contributed by atoms with Gasteiger partial charge in [-0.2, -0.15) is 0 Å². The van der Waals surface area contributed by atoms with Gasteiger partial charge in [0.1, 0.15) is 13.2 Å². The number of carbonyl (C=O) groups excluding carboxylic acids is 3. The van der Waals surface area contributed by atoms with E-state index in [1.165, 1.54) is 212 Å². The first-order valence-corrected chi connectivity index (χ1v) is 32.3. The van der Waals surface area contributed by atoms with Crippen molar-refractivity contribution < 1.29 is 28.6 Å². The van der Waals surface area contributed by atoms with Crippen LogP contribution in [0.4, 0.5) is 0 Å². The molecule has 0 aromatic carbocycles. The number of hydrogen-bond acceptors (Lipinski definition) is 6. The van der Waals surface area contributed by atoms with Crippen molar-refractivity contribution in [1.82, 2.24) is 0 Å². The molecular formula is C68H122O6. The monoisotopic (exact) mass is 1030 g/mol. The lowest BCUT2D eigenvalue weighted by Gasteiger charge is -2.18. The van der Waals surface area contributed by atoms with Crippen molar-refractivity contribution in [3.63, 3.8) is 0 Å². The standard InChI is InChI=1S/C68H122O6/c1-4-7-10-13-16-19-22-25-27-29-30-31-32-33-34-35-36-37-38-39-41-43-46-49-52-55-58-61-67(70)73-64-65(63-72-66(69)60-57-54-51-48-45-42-24-21-18-15-12-9-6-3)74-68(71)62-59-56-53-50-47-44-40-28-26-23-20-17-14-11-8-5-2/h9,12,18,21,28,40,42,45,51,54,65H,4-8,10-11,13-17,19-20,22-27,29-39,41,43-44,46-50,52-53,55-64H2,1-3H3/b12-9-,21-18-,40-28-,45-42-,54-51-. The van der Waals surface area contributed by atoms with Crippen LogP contribution in [-0.4, -0.2) is 37.2 Å². The van der Waals surface area contributed by atoms with E-state index in [1.807, 2.05) is 6.08 Å². The molecule has 430 valence electrons. The van der Waals surface area contributed by atoms with Crippen molar-refractivity contribution in [1.29, 1.82) is 0 Å². The summed E-state index contributed by atoms with van der Waals surface area (Å²) in [5.74, 6) is -0.974. The molecule has 0 aromatic rings. The average Bonchev–Trinajstić information content (AvgIpc) is 3.40. The van der Waals surface area contributed by atoms with Crippen LogP contribution in [0.3, 0.4) is 0 Å². The quantitative estimate of drug-likeness (QED) is 0.0261. The number of carbonyl (C=O) groups is 3. The van der Waals surface area contributed by atoms with E-state index in [4.69, 9.17) is 14.2 Å². The van der Waals surface area contributed by atoms with E-state index in [1.54, 1.807) is 0 Å². The lowest BCUT2D eigenvalue weighted by Crippen LogP contribution is -2.30. The predicted octanol–water partition coefficient (Wildman–Crippen LogP) is 21.9. The third kappa shape index (κ3) is 60.0. The van der Waals surface area contributed by atoms with Crippen LogP contribution in [-0.2, 0) is 28.6 Å². The van der Waals surface area contributed by atoms with Gasteiger partial charge in [0.2, 0.25) is 0 Å². The molecule has 0 fully saturated rings. The zero-order chi connectivity index (χ0) is 53.6. The van der Waals surface area contributed by atoms with Gasteiger partial charge in [-0.3, -0.25) is 14.4 Å². The highest BCUT2D eigenvalue weighted by molar-refractivity contribution is 5.71. The molecule has 0 heterocycles. The molecule has 0 N–H and O–H groups in total. The van der Waals surface area contributed by atoms with Crippen LogP contribution in [0.2, 0.25) is 0 Å². The maximum absolute atomic E-state index is 12.9. The second-order valence-corrected chi connectivity index (χ2v) is 21.6. The summed E-state index contributed by atoms with van der Waals surface area (Å²) < 4.78 is 16.8. The van der Waals surface area contributed by atoms with E-state index < -0.39 is 6.10 Å². The normalized spacial score (nSPS) is 12.4. The molecule has 0 rings (SSSR count). The Balaban J connectivity index is 4.24. The van der Waals surface area contributed by atoms with Gasteiger partial charge in [-0.25, -0.2) is 0 Å². The van der Waals surface area contributed by atoms with Crippen LogP contribution in [0.25, 0.3) is 0 Å². The Labute approximate surface area is 460 Å². The fourth-order valence-electron chi connectivity index (χ4n) is 9.45. The van der Waals surface area contributed by atoms with E-state index in [2.05, 4.69) is 75.5 Å². The minimum Gasteiger partial charge on any atom is -0.462 e. The fourth-order valence-corrected chi connectivity index (χ4v) is 9.45. The maximum atomic E-state index is 12.9. The van der Waals surface area contributed by atoms with Gasteiger partial charge in [-0.05, 0) is 70.6 Å². The van der Waals surface area contributed by atoms with Crippen LogP contribution in [0.1, 0.15) is 335 Å². The van der Waals surface area contributed by atoms with Gasteiger partial charge in [-0.1, -0.05) is 306 Å². The molecule has 6 heteroatoms. The molecule has 0 aliphatic carbocycles. The SMILES string of the molecule is CC/C=C\C/C=C\C/C=C\C/C=C\CCC(=O)OCC(COC(=O)CCCCCCCCCCCCCCCCCCCCCCCCCCCCC)OC(=O)CCCCCCC/C=C\CCCCCCCCC. The van der Waals surface area contributed by atoms with Crippen LogP contribution < -0.4 is 0 Å². The van der Waals surface area contributed by atoms with Gasteiger partial charge >= 0.3 is 17.9 Å². The predicted molar refractivity (Wildman–Crippen MR) is 321 cm³/mol. The van der Waals surface area contributed by atoms with Crippen LogP contribution >= 0.6 is 0 Å². The molecule has 1 unspecified atom stereocenters. The molecule has 0 radical (unpaired) electrons. The van der Waals surface area contributed by atoms with Crippen LogP contribution in [0.15, 0.2) is 60.8 Å². The highest BCUT2D eigenvalue weighted by atomic mass is 16.6. The summed E-state index contributed by atoms with van der Waals surface area (Å²) in [6.07, 6.45) is 79.8. The summed E-state index contributed by atoms with van der Waals surface area (Å²) >= 11 is 0. The number of hydrogen-bond donors (Lipinski definition) is 0. The van der Waals surface area contributed by atoms with Crippen molar-refractivity contribution in [3.8, 4) is 0 Å². The smallest absolute Gasteiger partial charge is 0.306 e. The van der Waals surface area contributed by atoms with Crippen molar-refractivity contribution >= 4 is 17.9 Å². The third-order valence-corrected chi connectivity index (χ3v) is 14.3. The molecule has 0 saturated carbocycles. The van der Waals surface area contributed by atoms with E-state index in [-0.39, 0.29) is 37.5 Å². The van der Waals surface area contributed by atoms with E-state index in [0.717, 1.165) is 77.0 Å². The highest BCUT2D eigenvalue weighted by Crippen LogP contribution is 2.18. The Morgan fingerprint density at radius 3 is 0.905 bits per heavy atom. The highest BCUT2D eigenvalue weighted by Gasteiger charge is 2.19. The van der Waals surface area contributed by atoms with Gasteiger partial charge in [0.15, 0.2) is 6.10 Å². The molecule has 0 aliphatic heterocycles. The van der Waals surface area contributed by atoms with Crippen molar-refractivity contribution in [2.75, 3.05) is 13.2 Å². The Morgan fingerprint density at radius 2 is 0.554 bits per heavy atom. The first-order chi connectivity index (χ1) is 36.5. The minimum atomic E-state index is -0.806. The Bertz CT molecular complexity index is 1330. The summed E-state index contributed by atoms with van der Waals surface area (Å²) in [5, 5.41) is 0. The van der Waals surface area contributed by atoms with Crippen molar-refractivity contribution in [2.45, 2.75) is 341 Å². The van der Waals surface area contributed by atoms with Crippen LogP contribution in [0.5, 0.6) is 0 Å². The van der Waals surface area contributed by atoms with E-state index in [0.29, 0.717) is 19.3 Å². The topological polar surface area (TPSA) is 78.9 Å². The summed E-state index contributed by atoms with van der Waals surface area (Å²) in [6.45, 7) is 6.50. The van der Waals surface area contributed by atoms with Gasteiger partial charge in [0, 0.05) is 19.3 Å². The molecule has 0 aliphatic rings. The molecular weight excluding hydrogens is 913 g/mol. The van der Waals surface area contributed by atoms with E-state index >= 15 is 0 Å². The number of esters is 3. The summed E-state index contributed by atoms with van der Waals surface area (Å²) in [5.41, 5.74) is 0. The lowest BCUT2D eigenvalue weighted by molar-refractivity contribution is -0.166. The molecule has 0 aromatic heterocycles. The zero-order valence-corrected chi connectivity index (χ0v) is 49.4. The summed E-state index contributed by atoms with van der Waals surface area (Å²) in [6, 6.07) is 0. The van der Waals surface area contributed by atoms with Gasteiger partial charge < -0.3 is 14.2 Å². The summed E-state index contributed by atoms with van der Waals surface area (Å²) in [4.78, 5) is 38.2. The third-order valence-electron chi connectivity index (χ3n) is 14.3. The van der Waals surface area contributed by atoms with Crippen molar-refractivity contribution in [2.24, 2.45) is 0 Å². The zero-order valence-electron chi connectivity index (χ0n) is 49.4. The second-order valence-electron chi connectivity index (χ2n) is 21.6. The Kier molecular flexibility index (Phi) is 60.2. The molecule has 0 spiro atoms. The fraction of sp³-hybridized carbons (Fsp3) is 0.809. The first-order valence-electron chi connectivity index (χ1n) is 32.3. The first kappa shape index (κ1) is 71.1. The number of unbranched alkanes of at least 4 members (excludes halogenated alkanes) is 38. The molecule has 0 amide bonds.